The number of likely N-dealkylation sites (tertiary alicyclic amines) is 1. The second kappa shape index (κ2) is 7.07. The molecule has 5 nitrogen and oxygen atoms in total. The molecule has 1 N–H and O–H groups in total. The first-order valence-electron chi connectivity index (χ1n) is 7.77. The van der Waals surface area contributed by atoms with Gasteiger partial charge in [-0.25, -0.2) is 0 Å². The average molecular weight is 318 g/mol. The van der Waals surface area contributed by atoms with E-state index in [0.717, 1.165) is 25.9 Å². The van der Waals surface area contributed by atoms with Gasteiger partial charge in [-0.2, -0.15) is 5.10 Å². The van der Waals surface area contributed by atoms with E-state index in [9.17, 15) is 4.79 Å². The second-order valence-electron chi connectivity index (χ2n) is 5.74. The largest absolute Gasteiger partial charge is 0.350 e. The number of amides is 1. The predicted molar refractivity (Wildman–Crippen MR) is 87.6 cm³/mol. The van der Waals surface area contributed by atoms with E-state index in [1.807, 2.05) is 41.4 Å². The molecule has 3 heterocycles. The molecule has 2 atom stereocenters. The Morgan fingerprint density at radius 1 is 1.55 bits per heavy atom. The molecule has 1 aliphatic heterocycles. The Hall–Kier alpha value is -1.66. The average Bonchev–Trinajstić information content (AvgIpc) is 3.27. The highest BCUT2D eigenvalue weighted by Crippen LogP contribution is 2.21. The first-order chi connectivity index (χ1) is 10.7. The van der Waals surface area contributed by atoms with Crippen LogP contribution in [0.3, 0.4) is 0 Å². The molecule has 0 saturated carbocycles. The smallest absolute Gasteiger partial charge is 0.237 e. The number of carbonyl (C=O) groups is 1. The highest BCUT2D eigenvalue weighted by Gasteiger charge is 2.32. The molecular formula is C16H22N4OS. The Labute approximate surface area is 134 Å². The summed E-state index contributed by atoms with van der Waals surface area (Å²) < 4.78 is 1.96. The van der Waals surface area contributed by atoms with Gasteiger partial charge in [0.25, 0.3) is 0 Å². The van der Waals surface area contributed by atoms with Gasteiger partial charge in [0.05, 0.1) is 19.1 Å². The maximum absolute atomic E-state index is 12.4. The van der Waals surface area contributed by atoms with Gasteiger partial charge >= 0.3 is 0 Å². The Kier molecular flexibility index (Phi) is 4.90. The van der Waals surface area contributed by atoms with Gasteiger partial charge in [-0.3, -0.25) is 14.4 Å². The van der Waals surface area contributed by atoms with Crippen LogP contribution in [0.1, 0.15) is 24.6 Å². The molecular weight excluding hydrogens is 296 g/mol. The van der Waals surface area contributed by atoms with Crippen LogP contribution in [0.25, 0.3) is 0 Å². The van der Waals surface area contributed by atoms with Gasteiger partial charge < -0.3 is 5.32 Å². The van der Waals surface area contributed by atoms with Crippen LogP contribution in [0.5, 0.6) is 0 Å². The van der Waals surface area contributed by atoms with E-state index in [2.05, 4.69) is 15.3 Å². The van der Waals surface area contributed by atoms with Crippen molar-refractivity contribution in [2.75, 3.05) is 6.54 Å². The van der Waals surface area contributed by atoms with E-state index in [1.165, 1.54) is 4.88 Å². The van der Waals surface area contributed by atoms with Gasteiger partial charge in [-0.15, -0.1) is 11.3 Å². The van der Waals surface area contributed by atoms with Crippen LogP contribution in [0.2, 0.25) is 0 Å². The lowest BCUT2D eigenvalue weighted by Gasteiger charge is -2.29. The highest BCUT2D eigenvalue weighted by atomic mass is 32.1. The standard InChI is InChI=1S/C16H22N4OS/c1-13(16(21)17-11-15-6-3-10-22-15)20-9-2-5-14(20)12-19-8-4-7-18-19/h3-4,6-8,10,13-14H,2,5,9,11-12H2,1H3,(H,17,21)/t13-,14-/m0/s1. The number of hydrogen-bond donors (Lipinski definition) is 1. The molecule has 1 amide bonds. The molecule has 1 fully saturated rings. The van der Waals surface area contributed by atoms with Gasteiger partial charge in [0.1, 0.15) is 0 Å². The minimum atomic E-state index is -0.0944. The quantitative estimate of drug-likeness (QED) is 0.887. The van der Waals surface area contributed by atoms with Gasteiger partial charge in [-0.1, -0.05) is 6.07 Å². The zero-order valence-electron chi connectivity index (χ0n) is 12.8. The zero-order valence-corrected chi connectivity index (χ0v) is 13.6. The summed E-state index contributed by atoms with van der Waals surface area (Å²) in [6.45, 7) is 4.47. The summed E-state index contributed by atoms with van der Waals surface area (Å²) >= 11 is 1.67. The normalized spacial score (nSPS) is 20.1. The van der Waals surface area contributed by atoms with Crippen LogP contribution in [-0.2, 0) is 17.9 Å². The number of rotatable bonds is 6. The van der Waals surface area contributed by atoms with E-state index in [1.54, 1.807) is 17.5 Å². The van der Waals surface area contributed by atoms with E-state index in [0.29, 0.717) is 12.6 Å². The van der Waals surface area contributed by atoms with E-state index in [-0.39, 0.29) is 11.9 Å². The number of hydrogen-bond acceptors (Lipinski definition) is 4. The first-order valence-corrected chi connectivity index (χ1v) is 8.65. The van der Waals surface area contributed by atoms with Crippen LogP contribution in [0.15, 0.2) is 36.0 Å². The Morgan fingerprint density at radius 3 is 3.18 bits per heavy atom. The molecule has 2 aromatic heterocycles. The first kappa shape index (κ1) is 15.2. The zero-order chi connectivity index (χ0) is 15.4. The topological polar surface area (TPSA) is 50.2 Å². The van der Waals surface area contributed by atoms with Gasteiger partial charge in [0.15, 0.2) is 0 Å². The summed E-state index contributed by atoms with van der Waals surface area (Å²) in [6.07, 6.45) is 6.06. The van der Waals surface area contributed by atoms with Crippen molar-refractivity contribution in [3.63, 3.8) is 0 Å². The summed E-state index contributed by atoms with van der Waals surface area (Å²) in [7, 11) is 0. The van der Waals surface area contributed by atoms with Crippen LogP contribution < -0.4 is 5.32 Å². The monoisotopic (exact) mass is 318 g/mol. The van der Waals surface area contributed by atoms with Crippen molar-refractivity contribution in [3.8, 4) is 0 Å². The van der Waals surface area contributed by atoms with Crippen molar-refractivity contribution in [1.82, 2.24) is 20.0 Å². The van der Waals surface area contributed by atoms with Crippen molar-refractivity contribution < 1.29 is 4.79 Å². The fraction of sp³-hybridized carbons (Fsp3) is 0.500. The van der Waals surface area contributed by atoms with Crippen LogP contribution in [0.4, 0.5) is 0 Å². The lowest BCUT2D eigenvalue weighted by molar-refractivity contribution is -0.126. The molecule has 22 heavy (non-hydrogen) atoms. The molecule has 0 radical (unpaired) electrons. The maximum Gasteiger partial charge on any atom is 0.237 e. The Morgan fingerprint density at radius 2 is 2.45 bits per heavy atom. The Bertz CT molecular complexity index is 581. The number of carbonyl (C=O) groups excluding carboxylic acids is 1. The van der Waals surface area contributed by atoms with Crippen molar-refractivity contribution in [2.24, 2.45) is 0 Å². The third-order valence-corrected chi connectivity index (χ3v) is 5.15. The second-order valence-corrected chi connectivity index (χ2v) is 6.77. The fourth-order valence-electron chi connectivity index (χ4n) is 3.07. The Balaban J connectivity index is 1.55. The van der Waals surface area contributed by atoms with Gasteiger partial charge in [0.2, 0.25) is 5.91 Å². The third-order valence-electron chi connectivity index (χ3n) is 4.27. The molecule has 1 saturated heterocycles. The third kappa shape index (κ3) is 3.56. The van der Waals surface area contributed by atoms with Crippen molar-refractivity contribution in [3.05, 3.63) is 40.8 Å². The van der Waals surface area contributed by atoms with Crippen LogP contribution in [-0.4, -0.2) is 39.2 Å². The number of aromatic nitrogens is 2. The maximum atomic E-state index is 12.4. The predicted octanol–water partition coefficient (Wildman–Crippen LogP) is 2.11. The summed E-state index contributed by atoms with van der Waals surface area (Å²) in [5.74, 6) is 0.112. The molecule has 0 aromatic carbocycles. The van der Waals surface area contributed by atoms with Crippen LogP contribution in [0, 0.1) is 0 Å². The van der Waals surface area contributed by atoms with Crippen molar-refractivity contribution >= 4 is 17.2 Å². The van der Waals surface area contributed by atoms with Gasteiger partial charge in [-0.05, 0) is 43.8 Å². The van der Waals surface area contributed by atoms with E-state index >= 15 is 0 Å². The minimum Gasteiger partial charge on any atom is -0.350 e. The molecule has 2 aromatic rings. The lowest BCUT2D eigenvalue weighted by Crippen LogP contribution is -2.48. The summed E-state index contributed by atoms with van der Waals surface area (Å²) in [5.41, 5.74) is 0. The van der Waals surface area contributed by atoms with E-state index in [4.69, 9.17) is 0 Å². The SMILES string of the molecule is C[C@@H](C(=O)NCc1cccs1)N1CCC[C@H]1Cn1cccn1. The number of thiophene rings is 1. The summed E-state index contributed by atoms with van der Waals surface area (Å²) in [5, 5.41) is 9.36. The summed E-state index contributed by atoms with van der Waals surface area (Å²) in [6, 6.07) is 6.30. The highest BCUT2D eigenvalue weighted by molar-refractivity contribution is 7.09. The number of nitrogens with zero attached hydrogens (tertiary/aromatic N) is 3. The molecule has 0 bridgehead atoms. The van der Waals surface area contributed by atoms with E-state index < -0.39 is 0 Å². The molecule has 0 unspecified atom stereocenters. The molecule has 118 valence electrons. The van der Waals surface area contributed by atoms with Crippen LogP contribution >= 0.6 is 11.3 Å². The molecule has 0 spiro atoms. The van der Waals surface area contributed by atoms with Gasteiger partial charge in [0, 0.05) is 23.3 Å². The fourth-order valence-corrected chi connectivity index (χ4v) is 3.72. The van der Waals surface area contributed by atoms with Crippen molar-refractivity contribution in [2.45, 2.75) is 44.9 Å². The molecule has 3 rings (SSSR count). The lowest BCUT2D eigenvalue weighted by atomic mass is 10.2. The molecule has 1 aliphatic rings. The molecule has 0 aliphatic carbocycles. The number of nitrogens with one attached hydrogen (secondary N) is 1. The molecule has 6 heteroatoms. The van der Waals surface area contributed by atoms with Crippen molar-refractivity contribution in [1.29, 1.82) is 0 Å². The summed E-state index contributed by atoms with van der Waals surface area (Å²) in [4.78, 5) is 15.9. The minimum absolute atomic E-state index is 0.0944.